The third-order valence-corrected chi connectivity index (χ3v) is 5.90. The number of hydrogen-bond acceptors (Lipinski definition) is 3. The minimum absolute atomic E-state index is 0.193. The highest BCUT2D eigenvalue weighted by atomic mass is 28.4. The van der Waals surface area contributed by atoms with Gasteiger partial charge in [-0.05, 0) is 25.1 Å². The second-order valence-electron chi connectivity index (χ2n) is 4.71. The lowest BCUT2D eigenvalue weighted by molar-refractivity contribution is 0.296. The van der Waals surface area contributed by atoms with E-state index < -0.39 is 8.65 Å². The molecule has 0 saturated heterocycles. The molecule has 22 heavy (non-hydrogen) atoms. The molecule has 0 fully saturated rings. The van der Waals surface area contributed by atoms with E-state index in [9.17, 15) is 0 Å². The largest absolute Gasteiger partial charge is 0.421 e. The van der Waals surface area contributed by atoms with Gasteiger partial charge in [0, 0.05) is 17.8 Å². The number of azo groups is 1. The summed E-state index contributed by atoms with van der Waals surface area (Å²) in [6, 6.07) is 16.6. The highest BCUT2D eigenvalue weighted by molar-refractivity contribution is 6.82. The van der Waals surface area contributed by atoms with Crippen molar-refractivity contribution in [3.63, 3.8) is 0 Å². The molecule has 2 rings (SSSR count). The van der Waals surface area contributed by atoms with Crippen molar-refractivity contribution in [1.29, 1.82) is 0 Å². The second-order valence-corrected chi connectivity index (χ2v) is 7.40. The molecule has 0 spiro atoms. The van der Waals surface area contributed by atoms with Crippen LogP contribution >= 0.6 is 0 Å². The van der Waals surface area contributed by atoms with E-state index >= 15 is 4.11 Å². The van der Waals surface area contributed by atoms with Gasteiger partial charge < -0.3 is 4.43 Å². The minimum Gasteiger partial charge on any atom is -0.388 e. The summed E-state index contributed by atoms with van der Waals surface area (Å²) in [4.78, 5) is 0. The first-order valence-electron chi connectivity index (χ1n) is 7.19. The van der Waals surface area contributed by atoms with Gasteiger partial charge in [-0.3, -0.25) is 4.11 Å². The summed E-state index contributed by atoms with van der Waals surface area (Å²) >= 11 is 0. The zero-order valence-corrected chi connectivity index (χ0v) is 13.6. The Morgan fingerprint density at radius 3 is 2.45 bits per heavy atom. The summed E-state index contributed by atoms with van der Waals surface area (Å²) in [6.07, 6.45) is 1.56. The zero-order chi connectivity index (χ0) is 15.8. The molecular formula is C17H19FN2OSi. The fourth-order valence-corrected chi connectivity index (χ4v) is 4.33. The summed E-state index contributed by atoms with van der Waals surface area (Å²) in [5, 5.41) is 8.88. The molecule has 0 N–H and O–H groups in total. The molecule has 0 heterocycles. The summed E-state index contributed by atoms with van der Waals surface area (Å²) < 4.78 is 20.7. The molecule has 0 unspecified atom stereocenters. The number of halogens is 1. The van der Waals surface area contributed by atoms with Crippen LogP contribution in [0.25, 0.3) is 0 Å². The van der Waals surface area contributed by atoms with E-state index in [0.717, 1.165) is 5.69 Å². The SMILES string of the molecule is C=CC[Si@@](F)(OCC)c1ccccc1N=Nc1ccccc1. The minimum atomic E-state index is -3.58. The summed E-state index contributed by atoms with van der Waals surface area (Å²) in [6.45, 7) is 5.75. The van der Waals surface area contributed by atoms with E-state index in [4.69, 9.17) is 4.43 Å². The third kappa shape index (κ3) is 3.96. The van der Waals surface area contributed by atoms with Crippen molar-refractivity contribution in [2.45, 2.75) is 13.0 Å². The van der Waals surface area contributed by atoms with Gasteiger partial charge in [0.25, 0.3) is 0 Å². The Hall–Kier alpha value is -2.11. The van der Waals surface area contributed by atoms with Gasteiger partial charge in [0.2, 0.25) is 0 Å². The van der Waals surface area contributed by atoms with Crippen LogP contribution in [0, 0.1) is 0 Å². The van der Waals surface area contributed by atoms with E-state index in [0.29, 0.717) is 17.5 Å². The monoisotopic (exact) mass is 314 g/mol. The van der Waals surface area contributed by atoms with Crippen molar-refractivity contribution >= 4 is 25.2 Å². The maximum atomic E-state index is 15.3. The maximum absolute atomic E-state index is 15.3. The fraction of sp³-hybridized carbons (Fsp3) is 0.176. The molecule has 0 amide bonds. The number of benzene rings is 2. The molecule has 0 bridgehead atoms. The van der Waals surface area contributed by atoms with Crippen molar-refractivity contribution in [3.8, 4) is 0 Å². The van der Waals surface area contributed by atoms with Gasteiger partial charge in [0.15, 0.2) is 0 Å². The number of hydrogen-bond donors (Lipinski definition) is 0. The molecule has 114 valence electrons. The van der Waals surface area contributed by atoms with Crippen molar-refractivity contribution in [1.82, 2.24) is 0 Å². The first-order chi connectivity index (χ1) is 10.7. The lowest BCUT2D eigenvalue weighted by Gasteiger charge is -2.21. The highest BCUT2D eigenvalue weighted by Gasteiger charge is 2.39. The smallest absolute Gasteiger partial charge is 0.388 e. The molecule has 1 atom stereocenters. The van der Waals surface area contributed by atoms with Crippen LogP contribution in [0.5, 0.6) is 0 Å². The molecule has 0 aliphatic rings. The standard InChI is InChI=1S/C17H19FN2OSi/c1-3-14-22(18,21-4-2)17-13-9-8-12-16(17)20-19-15-10-6-5-7-11-15/h3,5-13H,1,4,14H2,2H3/t22-/m1/s1. The highest BCUT2D eigenvalue weighted by Crippen LogP contribution is 2.23. The Balaban J connectivity index is 2.37. The lowest BCUT2D eigenvalue weighted by atomic mass is 10.3. The molecule has 0 radical (unpaired) electrons. The molecule has 0 aliphatic heterocycles. The van der Waals surface area contributed by atoms with E-state index in [2.05, 4.69) is 16.8 Å². The van der Waals surface area contributed by atoms with Gasteiger partial charge in [-0.1, -0.05) is 42.5 Å². The number of allylic oxidation sites excluding steroid dienone is 1. The Bertz CT molecular complexity index is 648. The van der Waals surface area contributed by atoms with E-state index in [1.165, 1.54) is 0 Å². The molecule has 0 saturated carbocycles. The molecular weight excluding hydrogens is 295 g/mol. The topological polar surface area (TPSA) is 34.0 Å². The first-order valence-corrected chi connectivity index (χ1v) is 9.19. The Kier molecular flexibility index (Phi) is 5.74. The van der Waals surface area contributed by atoms with Crippen LogP contribution in [-0.2, 0) is 4.43 Å². The van der Waals surface area contributed by atoms with E-state index in [1.54, 1.807) is 31.2 Å². The van der Waals surface area contributed by atoms with Gasteiger partial charge in [0.05, 0.1) is 11.4 Å². The quantitative estimate of drug-likeness (QED) is 0.308. The van der Waals surface area contributed by atoms with Crippen LogP contribution in [0.4, 0.5) is 15.5 Å². The van der Waals surface area contributed by atoms with Gasteiger partial charge in [0.1, 0.15) is 0 Å². The lowest BCUT2D eigenvalue weighted by Crippen LogP contribution is -2.46. The van der Waals surface area contributed by atoms with Crippen molar-refractivity contribution in [3.05, 3.63) is 67.3 Å². The van der Waals surface area contributed by atoms with Crippen LogP contribution in [0.2, 0.25) is 6.04 Å². The molecule has 0 aliphatic carbocycles. The predicted octanol–water partition coefficient (Wildman–Crippen LogP) is 4.94. The Labute approximate surface area is 131 Å². The molecule has 2 aromatic rings. The summed E-state index contributed by atoms with van der Waals surface area (Å²) in [5.74, 6) is 0. The van der Waals surface area contributed by atoms with Gasteiger partial charge >= 0.3 is 8.65 Å². The van der Waals surface area contributed by atoms with E-state index in [-0.39, 0.29) is 6.04 Å². The Morgan fingerprint density at radius 2 is 1.77 bits per heavy atom. The van der Waals surface area contributed by atoms with Gasteiger partial charge in [-0.2, -0.15) is 10.2 Å². The number of rotatable bonds is 7. The van der Waals surface area contributed by atoms with Gasteiger partial charge in [-0.25, -0.2) is 0 Å². The van der Waals surface area contributed by atoms with Gasteiger partial charge in [-0.15, -0.1) is 6.58 Å². The van der Waals surface area contributed by atoms with Crippen LogP contribution in [-0.4, -0.2) is 15.3 Å². The van der Waals surface area contributed by atoms with Crippen LogP contribution in [0.15, 0.2) is 77.5 Å². The Morgan fingerprint density at radius 1 is 1.09 bits per heavy atom. The molecule has 5 heteroatoms. The van der Waals surface area contributed by atoms with Crippen molar-refractivity contribution in [2.75, 3.05) is 6.61 Å². The first kappa shape index (κ1) is 16.3. The van der Waals surface area contributed by atoms with Crippen LogP contribution < -0.4 is 5.19 Å². The average molecular weight is 314 g/mol. The molecule has 3 nitrogen and oxygen atoms in total. The van der Waals surface area contributed by atoms with Crippen LogP contribution in [0.1, 0.15) is 6.92 Å². The number of nitrogens with zero attached hydrogens (tertiary/aromatic N) is 2. The molecule has 2 aromatic carbocycles. The predicted molar refractivity (Wildman–Crippen MR) is 90.2 cm³/mol. The summed E-state index contributed by atoms with van der Waals surface area (Å²) in [5.41, 5.74) is 1.24. The summed E-state index contributed by atoms with van der Waals surface area (Å²) in [7, 11) is -3.58. The van der Waals surface area contributed by atoms with E-state index in [1.807, 2.05) is 36.4 Å². The average Bonchev–Trinajstić information content (AvgIpc) is 2.55. The normalized spacial score (nSPS) is 13.9. The third-order valence-electron chi connectivity index (χ3n) is 3.12. The van der Waals surface area contributed by atoms with Crippen LogP contribution in [0.3, 0.4) is 0 Å². The van der Waals surface area contributed by atoms with Crippen molar-refractivity contribution in [2.24, 2.45) is 10.2 Å². The maximum Gasteiger partial charge on any atom is 0.421 e. The van der Waals surface area contributed by atoms with Crippen molar-refractivity contribution < 1.29 is 8.53 Å². The second kappa shape index (κ2) is 7.77. The molecule has 0 aromatic heterocycles. The zero-order valence-electron chi connectivity index (χ0n) is 12.6. The fourth-order valence-electron chi connectivity index (χ4n) is 2.14.